The van der Waals surface area contributed by atoms with Crippen molar-refractivity contribution in [3.05, 3.63) is 54.2 Å². The van der Waals surface area contributed by atoms with Gasteiger partial charge in [-0.15, -0.1) is 0 Å². The second-order valence-electron chi connectivity index (χ2n) is 6.97. The Hall–Kier alpha value is -2.56. The number of nitrogens with zero attached hydrogens (tertiary/aromatic N) is 3. The normalized spacial score (nSPS) is 26.0. The van der Waals surface area contributed by atoms with Crippen molar-refractivity contribution in [2.45, 2.75) is 57.8 Å². The zero-order valence-electron chi connectivity index (χ0n) is 17.5. The Bertz CT molecular complexity index is 868. The number of ether oxygens (including phenoxy) is 2. The van der Waals surface area contributed by atoms with Gasteiger partial charge in [-0.2, -0.15) is 13.2 Å². The van der Waals surface area contributed by atoms with Crippen molar-refractivity contribution >= 4 is 5.71 Å². The quantitative estimate of drug-likeness (QED) is 0.498. The molecule has 1 saturated heterocycles. The molecular weight excluding hydrogens is 415 g/mol. The van der Waals surface area contributed by atoms with Crippen LogP contribution in [0.15, 0.2) is 53.5 Å². The van der Waals surface area contributed by atoms with Crippen molar-refractivity contribution in [3.8, 4) is 5.88 Å². The number of rotatable bonds is 7. The monoisotopic (exact) mass is 441 g/mol. The van der Waals surface area contributed by atoms with Gasteiger partial charge >= 0.3 is 6.18 Å². The highest BCUT2D eigenvalue weighted by Crippen LogP contribution is 2.29. The van der Waals surface area contributed by atoms with Gasteiger partial charge in [0.25, 0.3) is 0 Å². The topological polar surface area (TPSA) is 97.1 Å². The van der Waals surface area contributed by atoms with Crippen LogP contribution in [-0.4, -0.2) is 56.9 Å². The standard InChI is InChI=1S/C21H26F3N3O4/c1-5-7-8-14(12(3)6-2)26-13(4)19-20(18(29)15(28)11-30-19)31-17-10-25-9-16(27-17)21(22,23)24/h6-10,15,18-20,28-29H,2,5,11H2,1,3-4H3/b8-7-,14-12-,26-13?. The third kappa shape index (κ3) is 6.46. The summed E-state index contributed by atoms with van der Waals surface area (Å²) in [6.07, 6.45) is -1.96. The fourth-order valence-electron chi connectivity index (χ4n) is 2.81. The molecule has 170 valence electrons. The van der Waals surface area contributed by atoms with E-state index in [1.165, 1.54) is 0 Å². The Morgan fingerprint density at radius 1 is 1.35 bits per heavy atom. The SMILES string of the molecule is C=C/C(C)=C(/C=C\CC)N=C(C)C1OCC(O)C(O)C1Oc1cncc(C(F)(F)F)n1. The molecule has 0 saturated carbocycles. The minimum atomic E-state index is -4.71. The first-order valence-electron chi connectivity index (χ1n) is 9.67. The lowest BCUT2D eigenvalue weighted by Gasteiger charge is -2.37. The Morgan fingerprint density at radius 2 is 2.06 bits per heavy atom. The third-order valence-electron chi connectivity index (χ3n) is 4.57. The highest BCUT2D eigenvalue weighted by molar-refractivity contribution is 5.88. The maximum Gasteiger partial charge on any atom is 0.435 e. The van der Waals surface area contributed by atoms with Crippen LogP contribution in [0.2, 0.25) is 0 Å². The van der Waals surface area contributed by atoms with Gasteiger partial charge in [0, 0.05) is 5.71 Å². The number of halogens is 3. The molecule has 0 spiro atoms. The van der Waals surface area contributed by atoms with Crippen LogP contribution in [0.5, 0.6) is 5.88 Å². The van der Waals surface area contributed by atoms with E-state index in [1.807, 2.05) is 26.0 Å². The van der Waals surface area contributed by atoms with Crippen LogP contribution >= 0.6 is 0 Å². The molecule has 0 aromatic carbocycles. The van der Waals surface area contributed by atoms with Gasteiger partial charge in [-0.25, -0.2) is 4.98 Å². The van der Waals surface area contributed by atoms with Gasteiger partial charge in [0.15, 0.2) is 11.8 Å². The second-order valence-corrected chi connectivity index (χ2v) is 6.97. The van der Waals surface area contributed by atoms with Crippen LogP contribution in [0.1, 0.15) is 32.9 Å². The number of aliphatic hydroxyl groups excluding tert-OH is 2. The summed E-state index contributed by atoms with van der Waals surface area (Å²) in [5.41, 5.74) is 0.556. The molecular formula is C21H26F3N3O4. The number of alkyl halides is 3. The molecule has 1 aromatic heterocycles. The molecule has 7 nitrogen and oxygen atoms in total. The summed E-state index contributed by atoms with van der Waals surface area (Å²) in [6.45, 7) is 8.97. The van der Waals surface area contributed by atoms with Gasteiger partial charge in [0.05, 0.1) is 24.7 Å². The Labute approximate surface area is 178 Å². The highest BCUT2D eigenvalue weighted by Gasteiger charge is 2.43. The molecule has 0 bridgehead atoms. The fraction of sp³-hybridized carbons (Fsp3) is 0.476. The summed E-state index contributed by atoms with van der Waals surface area (Å²) in [5.74, 6) is -0.460. The number of allylic oxidation sites excluding steroid dienone is 4. The maximum absolute atomic E-state index is 12.9. The third-order valence-corrected chi connectivity index (χ3v) is 4.57. The first-order valence-corrected chi connectivity index (χ1v) is 9.67. The molecule has 0 amide bonds. The molecule has 2 heterocycles. The molecule has 2 rings (SSSR count). The predicted octanol–water partition coefficient (Wildman–Crippen LogP) is 3.25. The minimum Gasteiger partial charge on any atom is -0.467 e. The van der Waals surface area contributed by atoms with E-state index < -0.39 is 42.2 Å². The van der Waals surface area contributed by atoms with Crippen molar-refractivity contribution in [2.75, 3.05) is 6.61 Å². The molecule has 1 aliphatic heterocycles. The number of aliphatic imine (C=N–C) groups is 1. The second kappa shape index (κ2) is 10.7. The van der Waals surface area contributed by atoms with Crippen LogP contribution in [0.25, 0.3) is 0 Å². The summed E-state index contributed by atoms with van der Waals surface area (Å²) in [6, 6.07) is 0. The molecule has 4 unspecified atom stereocenters. The van der Waals surface area contributed by atoms with Crippen LogP contribution < -0.4 is 4.74 Å². The molecule has 0 aliphatic carbocycles. The van der Waals surface area contributed by atoms with Gasteiger partial charge in [-0.1, -0.05) is 25.7 Å². The van der Waals surface area contributed by atoms with Crippen molar-refractivity contribution in [3.63, 3.8) is 0 Å². The molecule has 2 N–H and O–H groups in total. The molecule has 4 atom stereocenters. The molecule has 10 heteroatoms. The largest absolute Gasteiger partial charge is 0.467 e. The average molecular weight is 441 g/mol. The average Bonchev–Trinajstić information content (AvgIpc) is 2.73. The zero-order chi connectivity index (χ0) is 23.2. The lowest BCUT2D eigenvalue weighted by molar-refractivity contribution is -0.161. The van der Waals surface area contributed by atoms with Crippen molar-refractivity contribution in [1.29, 1.82) is 0 Å². The lowest BCUT2D eigenvalue weighted by atomic mass is 9.97. The lowest BCUT2D eigenvalue weighted by Crippen LogP contribution is -2.57. The van der Waals surface area contributed by atoms with Gasteiger partial charge in [0.2, 0.25) is 5.88 Å². The number of aromatic nitrogens is 2. The van der Waals surface area contributed by atoms with Crippen LogP contribution in [-0.2, 0) is 10.9 Å². The molecule has 1 aromatic rings. The van der Waals surface area contributed by atoms with E-state index in [0.29, 0.717) is 17.6 Å². The van der Waals surface area contributed by atoms with E-state index in [2.05, 4.69) is 21.5 Å². The zero-order valence-corrected chi connectivity index (χ0v) is 17.5. The molecule has 31 heavy (non-hydrogen) atoms. The van der Waals surface area contributed by atoms with E-state index >= 15 is 0 Å². The number of hydrogen-bond donors (Lipinski definition) is 2. The van der Waals surface area contributed by atoms with E-state index in [-0.39, 0.29) is 6.61 Å². The van der Waals surface area contributed by atoms with Crippen molar-refractivity contribution in [1.82, 2.24) is 9.97 Å². The smallest absolute Gasteiger partial charge is 0.435 e. The number of aliphatic hydroxyl groups is 2. The fourth-order valence-corrected chi connectivity index (χ4v) is 2.81. The van der Waals surface area contributed by atoms with Gasteiger partial charge in [0.1, 0.15) is 18.3 Å². The van der Waals surface area contributed by atoms with E-state index in [1.54, 1.807) is 13.0 Å². The highest BCUT2D eigenvalue weighted by atomic mass is 19.4. The Morgan fingerprint density at radius 3 is 2.68 bits per heavy atom. The summed E-state index contributed by atoms with van der Waals surface area (Å²) >= 11 is 0. The van der Waals surface area contributed by atoms with Gasteiger partial charge < -0.3 is 19.7 Å². The summed E-state index contributed by atoms with van der Waals surface area (Å²) in [7, 11) is 0. The van der Waals surface area contributed by atoms with Gasteiger partial charge in [-0.05, 0) is 31.9 Å². The molecule has 0 radical (unpaired) electrons. The van der Waals surface area contributed by atoms with E-state index in [4.69, 9.17) is 9.47 Å². The predicted molar refractivity (Wildman–Crippen MR) is 109 cm³/mol. The summed E-state index contributed by atoms with van der Waals surface area (Å²) in [4.78, 5) is 11.4. The van der Waals surface area contributed by atoms with Crippen LogP contribution in [0.3, 0.4) is 0 Å². The van der Waals surface area contributed by atoms with Gasteiger partial charge in [-0.3, -0.25) is 9.98 Å². The molecule has 1 fully saturated rings. The van der Waals surface area contributed by atoms with Crippen LogP contribution in [0.4, 0.5) is 13.2 Å². The van der Waals surface area contributed by atoms with Crippen molar-refractivity contribution in [2.24, 2.45) is 4.99 Å². The Balaban J connectivity index is 2.39. The number of hydrogen-bond acceptors (Lipinski definition) is 7. The van der Waals surface area contributed by atoms with Crippen LogP contribution in [0, 0.1) is 0 Å². The van der Waals surface area contributed by atoms with E-state index in [9.17, 15) is 23.4 Å². The first kappa shape index (κ1) is 24.7. The first-order chi connectivity index (χ1) is 14.6. The minimum absolute atomic E-state index is 0.197. The van der Waals surface area contributed by atoms with Crippen molar-refractivity contribution < 1.29 is 32.9 Å². The Kier molecular flexibility index (Phi) is 8.49. The van der Waals surface area contributed by atoms with E-state index in [0.717, 1.165) is 18.2 Å². The summed E-state index contributed by atoms with van der Waals surface area (Å²) < 4.78 is 49.9. The maximum atomic E-state index is 12.9. The molecule has 1 aliphatic rings. The summed E-state index contributed by atoms with van der Waals surface area (Å²) in [5, 5.41) is 20.4.